The van der Waals surface area contributed by atoms with Gasteiger partial charge in [-0.05, 0) is 17.7 Å². The van der Waals surface area contributed by atoms with Crippen molar-refractivity contribution in [3.8, 4) is 0 Å². The highest BCUT2D eigenvalue weighted by atomic mass is 35.5. The number of rotatable bonds is 2. The van der Waals surface area contributed by atoms with Crippen LogP contribution in [0.4, 0.5) is 4.79 Å². The van der Waals surface area contributed by atoms with Gasteiger partial charge < -0.3 is 15.2 Å². The molecule has 0 aromatic heterocycles. The van der Waals surface area contributed by atoms with Crippen LogP contribution >= 0.6 is 12.4 Å². The molecule has 1 heterocycles. The molecule has 104 valence electrons. The quantitative estimate of drug-likeness (QED) is 0.876. The van der Waals surface area contributed by atoms with Crippen LogP contribution in [0.15, 0.2) is 24.3 Å². The third-order valence-corrected chi connectivity index (χ3v) is 3.11. The van der Waals surface area contributed by atoms with Crippen LogP contribution in [0.5, 0.6) is 0 Å². The summed E-state index contributed by atoms with van der Waals surface area (Å²) < 4.78 is 4.96. The third-order valence-electron chi connectivity index (χ3n) is 3.11. The van der Waals surface area contributed by atoms with Crippen molar-refractivity contribution in [1.82, 2.24) is 5.32 Å². The molecule has 1 fully saturated rings. The number of ether oxygens (including phenoxy) is 1. The topological polar surface area (TPSA) is 75.6 Å². The number of benzene rings is 1. The second kappa shape index (κ2) is 5.48. The molecular weight excluding hydrogens is 270 g/mol. The Morgan fingerprint density at radius 3 is 2.47 bits per heavy atom. The van der Waals surface area contributed by atoms with Crippen LogP contribution < -0.4 is 5.32 Å². The number of carbonyl (C=O) groups excluding carboxylic acids is 1. The van der Waals surface area contributed by atoms with Crippen LogP contribution in [0.1, 0.15) is 35.8 Å². The molecule has 0 radical (unpaired) electrons. The lowest BCUT2D eigenvalue weighted by atomic mass is 9.80. The van der Waals surface area contributed by atoms with E-state index in [0.717, 1.165) is 5.56 Å². The van der Waals surface area contributed by atoms with Crippen LogP contribution in [-0.2, 0) is 4.74 Å². The number of cyclic esters (lactones) is 1. The molecule has 1 aliphatic heterocycles. The Bertz CT molecular complexity index is 484. The van der Waals surface area contributed by atoms with Gasteiger partial charge in [-0.2, -0.15) is 0 Å². The summed E-state index contributed by atoms with van der Waals surface area (Å²) in [4.78, 5) is 22.1. The summed E-state index contributed by atoms with van der Waals surface area (Å²) in [5.41, 5.74) is 0.871. The lowest BCUT2D eigenvalue weighted by Crippen LogP contribution is -2.46. The first-order valence-corrected chi connectivity index (χ1v) is 5.67. The summed E-state index contributed by atoms with van der Waals surface area (Å²) in [7, 11) is 0. The Morgan fingerprint density at radius 1 is 1.37 bits per heavy atom. The highest BCUT2D eigenvalue weighted by Crippen LogP contribution is 2.36. The number of carboxylic acids is 1. The fourth-order valence-electron chi connectivity index (χ4n) is 2.04. The molecule has 2 rings (SSSR count). The zero-order valence-corrected chi connectivity index (χ0v) is 11.5. The fraction of sp³-hybridized carbons (Fsp3) is 0.385. The van der Waals surface area contributed by atoms with E-state index in [0.29, 0.717) is 6.61 Å². The van der Waals surface area contributed by atoms with E-state index in [1.54, 1.807) is 12.1 Å². The number of hydrogen-bond acceptors (Lipinski definition) is 3. The van der Waals surface area contributed by atoms with Crippen LogP contribution in [0.2, 0.25) is 0 Å². The van der Waals surface area contributed by atoms with Gasteiger partial charge in [0.2, 0.25) is 0 Å². The van der Waals surface area contributed by atoms with E-state index in [-0.39, 0.29) is 29.4 Å². The van der Waals surface area contributed by atoms with E-state index < -0.39 is 12.1 Å². The van der Waals surface area contributed by atoms with Crippen molar-refractivity contribution in [2.24, 2.45) is 5.41 Å². The fourth-order valence-corrected chi connectivity index (χ4v) is 2.04. The van der Waals surface area contributed by atoms with Gasteiger partial charge >= 0.3 is 12.1 Å². The number of halogens is 1. The lowest BCUT2D eigenvalue weighted by Gasteiger charge is -2.38. The lowest BCUT2D eigenvalue weighted by molar-refractivity contribution is 0.0387. The van der Waals surface area contributed by atoms with Crippen molar-refractivity contribution < 1.29 is 19.4 Å². The van der Waals surface area contributed by atoms with E-state index in [2.05, 4.69) is 5.32 Å². The number of carbonyl (C=O) groups is 2. The maximum Gasteiger partial charge on any atom is 0.407 e. The molecule has 1 aliphatic rings. The third kappa shape index (κ3) is 3.17. The Labute approximate surface area is 117 Å². The molecule has 0 saturated carbocycles. The van der Waals surface area contributed by atoms with E-state index in [9.17, 15) is 9.59 Å². The summed E-state index contributed by atoms with van der Waals surface area (Å²) in [5, 5.41) is 11.6. The molecule has 0 spiro atoms. The maximum atomic E-state index is 11.3. The van der Waals surface area contributed by atoms with Crippen molar-refractivity contribution in [3.63, 3.8) is 0 Å². The average molecular weight is 286 g/mol. The number of nitrogens with one attached hydrogen (secondary N) is 1. The predicted molar refractivity (Wildman–Crippen MR) is 71.7 cm³/mol. The minimum Gasteiger partial charge on any atom is -0.478 e. The molecule has 0 unspecified atom stereocenters. The Balaban J connectivity index is 0.00000180. The van der Waals surface area contributed by atoms with Crippen LogP contribution in [-0.4, -0.2) is 23.8 Å². The zero-order valence-electron chi connectivity index (χ0n) is 10.7. The number of aromatic carboxylic acids is 1. The van der Waals surface area contributed by atoms with E-state index in [1.807, 2.05) is 13.8 Å². The minimum absolute atomic E-state index is 0. The summed E-state index contributed by atoms with van der Waals surface area (Å²) in [5.74, 6) is -0.961. The van der Waals surface area contributed by atoms with Gasteiger partial charge in [0.15, 0.2) is 0 Å². The number of carboxylic acid groups (broad SMARTS) is 1. The van der Waals surface area contributed by atoms with Crippen molar-refractivity contribution in [2.75, 3.05) is 6.61 Å². The van der Waals surface area contributed by atoms with E-state index in [1.165, 1.54) is 12.1 Å². The standard InChI is InChI=1S/C13H15NO4.ClH/c1-13(2)7-18-12(17)14-10(13)8-3-5-9(6-4-8)11(15)16;/h3-6,10H,7H2,1-2H3,(H,14,17)(H,15,16);1H/t10-;/m1./s1. The molecule has 1 aromatic rings. The van der Waals surface area contributed by atoms with Gasteiger partial charge in [-0.15, -0.1) is 12.4 Å². The molecule has 1 amide bonds. The Kier molecular flexibility index (Phi) is 4.42. The van der Waals surface area contributed by atoms with Crippen LogP contribution in [0.3, 0.4) is 0 Å². The zero-order chi connectivity index (χ0) is 13.3. The summed E-state index contributed by atoms with van der Waals surface area (Å²) in [6.07, 6.45) is -0.443. The molecule has 19 heavy (non-hydrogen) atoms. The second-order valence-corrected chi connectivity index (χ2v) is 5.07. The molecule has 0 aliphatic carbocycles. The van der Waals surface area contributed by atoms with Crippen molar-refractivity contribution in [3.05, 3.63) is 35.4 Å². The van der Waals surface area contributed by atoms with Gasteiger partial charge in [-0.3, -0.25) is 0 Å². The number of amides is 1. The molecular formula is C13H16ClNO4. The number of alkyl carbamates (subject to hydrolysis) is 1. The van der Waals surface area contributed by atoms with Crippen LogP contribution in [0, 0.1) is 5.41 Å². The first-order chi connectivity index (χ1) is 8.40. The molecule has 1 atom stereocenters. The Morgan fingerprint density at radius 2 is 1.95 bits per heavy atom. The first kappa shape index (κ1) is 15.3. The number of hydrogen-bond donors (Lipinski definition) is 2. The van der Waals surface area contributed by atoms with Gasteiger partial charge in [0.25, 0.3) is 0 Å². The van der Waals surface area contributed by atoms with Gasteiger partial charge in [0.1, 0.15) is 6.61 Å². The van der Waals surface area contributed by atoms with Crippen molar-refractivity contribution in [2.45, 2.75) is 19.9 Å². The van der Waals surface area contributed by atoms with E-state index in [4.69, 9.17) is 9.84 Å². The highest BCUT2D eigenvalue weighted by Gasteiger charge is 2.37. The monoisotopic (exact) mass is 285 g/mol. The molecule has 1 aromatic carbocycles. The molecule has 1 saturated heterocycles. The molecule has 6 heteroatoms. The van der Waals surface area contributed by atoms with Crippen molar-refractivity contribution >= 4 is 24.5 Å². The summed E-state index contributed by atoms with van der Waals surface area (Å²) in [6, 6.07) is 6.34. The second-order valence-electron chi connectivity index (χ2n) is 5.07. The Hall–Kier alpha value is -1.75. The largest absolute Gasteiger partial charge is 0.478 e. The maximum absolute atomic E-state index is 11.3. The van der Waals surface area contributed by atoms with Crippen molar-refractivity contribution in [1.29, 1.82) is 0 Å². The average Bonchev–Trinajstić information content (AvgIpc) is 2.32. The summed E-state index contributed by atoms with van der Waals surface area (Å²) in [6.45, 7) is 4.31. The molecule has 0 bridgehead atoms. The smallest absolute Gasteiger partial charge is 0.407 e. The minimum atomic E-state index is -0.961. The summed E-state index contributed by atoms with van der Waals surface area (Å²) >= 11 is 0. The molecule has 5 nitrogen and oxygen atoms in total. The normalized spacial score (nSPS) is 20.7. The highest BCUT2D eigenvalue weighted by molar-refractivity contribution is 5.87. The van der Waals surface area contributed by atoms with E-state index >= 15 is 0 Å². The predicted octanol–water partition coefficient (Wildman–Crippen LogP) is 2.61. The molecule has 2 N–H and O–H groups in total. The van der Waals surface area contributed by atoms with Gasteiger partial charge in [0.05, 0.1) is 11.6 Å². The van der Waals surface area contributed by atoms with Crippen LogP contribution in [0.25, 0.3) is 0 Å². The van der Waals surface area contributed by atoms with Gasteiger partial charge in [-0.25, -0.2) is 9.59 Å². The van der Waals surface area contributed by atoms with Gasteiger partial charge in [-0.1, -0.05) is 26.0 Å². The first-order valence-electron chi connectivity index (χ1n) is 5.67. The SMILES string of the molecule is CC1(C)COC(=O)N[C@@H]1c1ccc(C(=O)O)cc1.Cl. The van der Waals surface area contributed by atoms with Gasteiger partial charge in [0, 0.05) is 5.41 Å².